The highest BCUT2D eigenvalue weighted by Crippen LogP contribution is 2.29. The summed E-state index contributed by atoms with van der Waals surface area (Å²) in [5.74, 6) is -0.572. The quantitative estimate of drug-likeness (QED) is 0.249. The molecule has 1 heterocycles. The van der Waals surface area contributed by atoms with Crippen molar-refractivity contribution in [3.63, 3.8) is 0 Å². The van der Waals surface area contributed by atoms with Crippen molar-refractivity contribution in [1.29, 1.82) is 0 Å². The van der Waals surface area contributed by atoms with Crippen molar-refractivity contribution < 1.29 is 19.2 Å². The van der Waals surface area contributed by atoms with Crippen LogP contribution in [0.25, 0.3) is 11.8 Å². The van der Waals surface area contributed by atoms with Gasteiger partial charge in [0.25, 0.3) is 5.91 Å². The van der Waals surface area contributed by atoms with Gasteiger partial charge in [0.1, 0.15) is 11.5 Å². The molecule has 0 saturated carbocycles. The molecule has 166 valence electrons. The number of carbonyl (C=O) groups excluding carboxylic acids is 2. The maximum Gasteiger partial charge on any atom is 0.353 e. The van der Waals surface area contributed by atoms with Gasteiger partial charge in [-0.15, -0.1) is 0 Å². The van der Waals surface area contributed by atoms with Gasteiger partial charge in [-0.25, -0.2) is 14.9 Å². The topological polar surface area (TPSA) is 146 Å². The summed E-state index contributed by atoms with van der Waals surface area (Å²) in [5, 5.41) is 1.36. The average Bonchev–Trinajstić information content (AvgIpc) is 2.93. The lowest BCUT2D eigenvalue weighted by Gasteiger charge is -2.21. The number of amidine groups is 1. The highest BCUT2D eigenvalue weighted by Gasteiger charge is 2.22. The Morgan fingerprint density at radius 1 is 1.23 bits per heavy atom. The van der Waals surface area contributed by atoms with Crippen molar-refractivity contribution >= 4 is 35.2 Å². The van der Waals surface area contributed by atoms with Crippen LogP contribution in [0.5, 0.6) is 0 Å². The number of benzene rings is 1. The number of amides is 1. The van der Waals surface area contributed by atoms with Crippen molar-refractivity contribution in [3.8, 4) is 0 Å². The van der Waals surface area contributed by atoms with Crippen LogP contribution in [-0.4, -0.2) is 43.0 Å². The molecule has 1 amide bonds. The van der Waals surface area contributed by atoms with E-state index in [-0.39, 0.29) is 18.0 Å². The zero-order valence-corrected chi connectivity index (χ0v) is 18.1. The number of hydroxylamine groups is 2. The molecule has 0 fully saturated rings. The molecule has 0 aliphatic carbocycles. The lowest BCUT2D eigenvalue weighted by molar-refractivity contribution is -0.180. The van der Waals surface area contributed by atoms with Crippen molar-refractivity contribution in [3.05, 3.63) is 52.7 Å². The number of nitrogens with two attached hydrogens (primary N) is 3. The van der Waals surface area contributed by atoms with Crippen LogP contribution in [-0.2, 0) is 19.2 Å². The first kappa shape index (κ1) is 23.7. The van der Waals surface area contributed by atoms with Crippen LogP contribution in [0.4, 0.5) is 5.69 Å². The van der Waals surface area contributed by atoms with Crippen LogP contribution in [0.15, 0.2) is 46.6 Å². The Kier molecular flexibility index (Phi) is 8.39. The molecule has 9 nitrogen and oxygen atoms in total. The molecule has 1 aromatic carbocycles. The number of allylic oxidation sites excluding steroid dienone is 2. The second-order valence-electron chi connectivity index (χ2n) is 6.78. The maximum absolute atomic E-state index is 12.9. The van der Waals surface area contributed by atoms with Crippen LogP contribution in [0.3, 0.4) is 0 Å². The smallest absolute Gasteiger partial charge is 0.353 e. The van der Waals surface area contributed by atoms with Gasteiger partial charge in [0.2, 0.25) is 0 Å². The third-order valence-corrected chi connectivity index (χ3v) is 4.41. The van der Waals surface area contributed by atoms with E-state index in [4.69, 9.17) is 22.0 Å². The second-order valence-corrected chi connectivity index (χ2v) is 6.78. The van der Waals surface area contributed by atoms with Gasteiger partial charge in [-0.1, -0.05) is 19.1 Å². The third kappa shape index (κ3) is 6.19. The van der Waals surface area contributed by atoms with E-state index in [9.17, 15) is 9.59 Å². The second kappa shape index (κ2) is 11.0. The molecule has 0 spiro atoms. The minimum absolute atomic E-state index is 0.0699. The van der Waals surface area contributed by atoms with Crippen molar-refractivity contribution in [2.24, 2.45) is 22.2 Å². The van der Waals surface area contributed by atoms with Gasteiger partial charge in [0.15, 0.2) is 0 Å². The lowest BCUT2D eigenvalue weighted by atomic mass is 10.0. The SMILES string of the molecule is CCCN(OCC)C(=O)C1=Cc2ccc(/C(N)=C/C=C(\N)C(=O)OC)cc2N=C(N)C1. The minimum atomic E-state index is -0.644. The van der Waals surface area contributed by atoms with Crippen LogP contribution < -0.4 is 17.2 Å². The van der Waals surface area contributed by atoms with E-state index < -0.39 is 5.97 Å². The monoisotopic (exact) mass is 427 g/mol. The number of esters is 1. The number of hydrogen-bond acceptors (Lipinski definition) is 8. The van der Waals surface area contributed by atoms with E-state index in [0.29, 0.717) is 41.5 Å². The average molecular weight is 428 g/mol. The van der Waals surface area contributed by atoms with Gasteiger partial charge in [-0.05, 0) is 43.2 Å². The molecule has 6 N–H and O–H groups in total. The number of rotatable bonds is 8. The summed E-state index contributed by atoms with van der Waals surface area (Å²) < 4.78 is 4.55. The Morgan fingerprint density at radius 2 is 1.97 bits per heavy atom. The summed E-state index contributed by atoms with van der Waals surface area (Å²) in [6.45, 7) is 4.68. The molecule has 1 aliphatic heterocycles. The molecule has 9 heteroatoms. The van der Waals surface area contributed by atoms with Gasteiger partial charge in [0.05, 0.1) is 19.4 Å². The van der Waals surface area contributed by atoms with Crippen LogP contribution in [0, 0.1) is 0 Å². The number of ether oxygens (including phenoxy) is 1. The molecular weight excluding hydrogens is 398 g/mol. The van der Waals surface area contributed by atoms with E-state index in [1.54, 1.807) is 24.3 Å². The molecular formula is C22H29N5O4. The largest absolute Gasteiger partial charge is 0.464 e. The van der Waals surface area contributed by atoms with E-state index >= 15 is 0 Å². The molecule has 0 aromatic heterocycles. The highest BCUT2D eigenvalue weighted by atomic mass is 16.7. The van der Waals surface area contributed by atoms with Crippen molar-refractivity contribution in [1.82, 2.24) is 5.06 Å². The van der Waals surface area contributed by atoms with Crippen molar-refractivity contribution in [2.45, 2.75) is 26.7 Å². The van der Waals surface area contributed by atoms with E-state index in [1.807, 2.05) is 13.8 Å². The molecule has 0 saturated heterocycles. The molecule has 0 unspecified atom stereocenters. The fourth-order valence-electron chi connectivity index (χ4n) is 2.91. The van der Waals surface area contributed by atoms with Crippen LogP contribution >= 0.6 is 0 Å². The maximum atomic E-state index is 12.9. The number of aliphatic imine (C=N–C) groups is 1. The predicted molar refractivity (Wildman–Crippen MR) is 120 cm³/mol. The highest BCUT2D eigenvalue weighted by molar-refractivity contribution is 6.05. The van der Waals surface area contributed by atoms with Gasteiger partial charge in [-0.3, -0.25) is 9.63 Å². The first-order valence-corrected chi connectivity index (χ1v) is 9.94. The molecule has 0 radical (unpaired) electrons. The zero-order chi connectivity index (χ0) is 23.0. The Hall–Kier alpha value is -3.59. The molecule has 0 bridgehead atoms. The Balaban J connectivity index is 2.37. The fourth-order valence-corrected chi connectivity index (χ4v) is 2.91. The van der Waals surface area contributed by atoms with Crippen molar-refractivity contribution in [2.75, 3.05) is 20.3 Å². The van der Waals surface area contributed by atoms with Gasteiger partial charge >= 0.3 is 5.97 Å². The molecule has 0 atom stereocenters. The van der Waals surface area contributed by atoms with Gasteiger partial charge < -0.3 is 21.9 Å². The van der Waals surface area contributed by atoms with Crippen LogP contribution in [0.1, 0.15) is 37.8 Å². The molecule has 31 heavy (non-hydrogen) atoms. The van der Waals surface area contributed by atoms with E-state index in [0.717, 1.165) is 12.0 Å². The Labute approximate surface area is 181 Å². The van der Waals surface area contributed by atoms with E-state index in [2.05, 4.69) is 9.73 Å². The third-order valence-electron chi connectivity index (χ3n) is 4.41. The predicted octanol–water partition coefficient (Wildman–Crippen LogP) is 1.97. The van der Waals surface area contributed by atoms with E-state index in [1.165, 1.54) is 24.3 Å². The molecule has 1 aliphatic rings. The number of carbonyl (C=O) groups is 2. The standard InChI is InChI=1S/C22H29N5O4/c1-4-10-27(31-5-2)21(28)16-11-15-7-6-14(12-19(15)26-20(25)13-16)17(23)8-9-18(24)22(29)30-3/h6-9,11-12H,4-5,10,13,23-24H2,1-3H3,(H2,25,26)/b17-8-,18-9-. The summed E-state index contributed by atoms with van der Waals surface area (Å²) in [6, 6.07) is 5.35. The summed E-state index contributed by atoms with van der Waals surface area (Å²) in [7, 11) is 1.24. The first-order chi connectivity index (χ1) is 14.8. The number of fused-ring (bicyclic) bond motifs is 1. The Morgan fingerprint density at radius 3 is 2.61 bits per heavy atom. The summed E-state index contributed by atoms with van der Waals surface area (Å²) in [4.78, 5) is 34.2. The number of hydrogen-bond donors (Lipinski definition) is 3. The molecule has 2 rings (SSSR count). The zero-order valence-electron chi connectivity index (χ0n) is 18.1. The normalized spacial score (nSPS) is 14.2. The first-order valence-electron chi connectivity index (χ1n) is 9.94. The van der Waals surface area contributed by atoms with Gasteiger partial charge in [-0.2, -0.15) is 0 Å². The number of nitrogens with zero attached hydrogens (tertiary/aromatic N) is 2. The number of methoxy groups -OCH3 is 1. The molecule has 1 aromatic rings. The summed E-state index contributed by atoms with van der Waals surface area (Å²) in [6.07, 6.45) is 5.62. The fraction of sp³-hybridized carbons (Fsp3) is 0.318. The lowest BCUT2D eigenvalue weighted by Crippen LogP contribution is -2.34. The Bertz CT molecular complexity index is 957. The minimum Gasteiger partial charge on any atom is -0.464 e. The van der Waals surface area contributed by atoms with Crippen LogP contribution in [0.2, 0.25) is 0 Å². The summed E-state index contributed by atoms with van der Waals surface area (Å²) in [5.41, 5.74) is 20.6. The van der Waals surface area contributed by atoms with Gasteiger partial charge in [0, 0.05) is 29.8 Å². The summed E-state index contributed by atoms with van der Waals surface area (Å²) >= 11 is 0.